The summed E-state index contributed by atoms with van der Waals surface area (Å²) in [6.07, 6.45) is 1.49. The number of benzene rings is 3. The van der Waals surface area contributed by atoms with Crippen LogP contribution in [0.1, 0.15) is 26.4 Å². The Labute approximate surface area is 190 Å². The molecular formula is C25H22N4O4. The summed E-state index contributed by atoms with van der Waals surface area (Å²) in [6, 6.07) is 21.4. The Hall–Kier alpha value is -4.59. The van der Waals surface area contributed by atoms with E-state index in [1.54, 1.807) is 61.7 Å². The van der Waals surface area contributed by atoms with Gasteiger partial charge in [-0.05, 0) is 48.5 Å². The SMILES string of the molecule is COc1cccc(/C=N/NC(=O)c2cc3cc(NC(=O)c4ccccc4)ccc3[nH]2)c1OC. The lowest BCUT2D eigenvalue weighted by molar-refractivity contribution is 0.0950. The smallest absolute Gasteiger partial charge is 0.287 e. The molecular weight excluding hydrogens is 420 g/mol. The third kappa shape index (κ3) is 4.85. The minimum absolute atomic E-state index is 0.203. The van der Waals surface area contributed by atoms with Crippen molar-refractivity contribution in [1.29, 1.82) is 0 Å². The van der Waals surface area contributed by atoms with E-state index >= 15 is 0 Å². The molecule has 8 nitrogen and oxygen atoms in total. The van der Waals surface area contributed by atoms with Crippen molar-refractivity contribution in [2.24, 2.45) is 5.10 Å². The first-order chi connectivity index (χ1) is 16.1. The van der Waals surface area contributed by atoms with Crippen LogP contribution < -0.4 is 20.2 Å². The third-order valence-electron chi connectivity index (χ3n) is 4.96. The average molecular weight is 442 g/mol. The van der Waals surface area contributed by atoms with Crippen molar-refractivity contribution in [2.45, 2.75) is 0 Å². The number of nitrogens with one attached hydrogen (secondary N) is 3. The lowest BCUT2D eigenvalue weighted by Gasteiger charge is -2.09. The molecule has 0 saturated heterocycles. The summed E-state index contributed by atoms with van der Waals surface area (Å²) >= 11 is 0. The van der Waals surface area contributed by atoms with Crippen LogP contribution in [0.2, 0.25) is 0 Å². The van der Waals surface area contributed by atoms with Crippen molar-refractivity contribution in [3.8, 4) is 11.5 Å². The lowest BCUT2D eigenvalue weighted by atomic mass is 10.2. The molecule has 3 aromatic carbocycles. The number of carbonyl (C=O) groups is 2. The van der Waals surface area contributed by atoms with Gasteiger partial charge in [0.1, 0.15) is 5.69 Å². The Morgan fingerprint density at radius 2 is 1.73 bits per heavy atom. The van der Waals surface area contributed by atoms with E-state index in [2.05, 4.69) is 20.8 Å². The van der Waals surface area contributed by atoms with Crippen LogP contribution in [-0.4, -0.2) is 37.2 Å². The fourth-order valence-corrected chi connectivity index (χ4v) is 3.36. The number of rotatable bonds is 7. The van der Waals surface area contributed by atoms with Gasteiger partial charge < -0.3 is 19.8 Å². The number of fused-ring (bicyclic) bond motifs is 1. The number of hydrogen-bond donors (Lipinski definition) is 3. The number of hydrogen-bond acceptors (Lipinski definition) is 5. The summed E-state index contributed by atoms with van der Waals surface area (Å²) in [7, 11) is 3.09. The predicted octanol–water partition coefficient (Wildman–Crippen LogP) is 4.20. The summed E-state index contributed by atoms with van der Waals surface area (Å²) in [6.45, 7) is 0. The monoisotopic (exact) mass is 442 g/mol. The van der Waals surface area contributed by atoms with Gasteiger partial charge in [-0.15, -0.1) is 0 Å². The molecule has 0 radical (unpaired) electrons. The van der Waals surface area contributed by atoms with Gasteiger partial charge in [-0.25, -0.2) is 5.43 Å². The molecule has 8 heteroatoms. The molecule has 2 amide bonds. The van der Waals surface area contributed by atoms with Crippen LogP contribution in [0, 0.1) is 0 Å². The molecule has 0 aliphatic rings. The Morgan fingerprint density at radius 1 is 0.909 bits per heavy atom. The molecule has 0 spiro atoms. The highest BCUT2D eigenvalue weighted by atomic mass is 16.5. The van der Waals surface area contributed by atoms with Gasteiger partial charge in [0.2, 0.25) is 0 Å². The Kier molecular flexibility index (Phi) is 6.36. The van der Waals surface area contributed by atoms with E-state index in [1.165, 1.54) is 13.3 Å². The van der Waals surface area contributed by atoms with E-state index in [1.807, 2.05) is 18.2 Å². The summed E-state index contributed by atoms with van der Waals surface area (Å²) in [5.74, 6) is 0.484. The molecule has 0 aliphatic carbocycles. The van der Waals surface area contributed by atoms with E-state index in [0.717, 1.165) is 10.9 Å². The summed E-state index contributed by atoms with van der Waals surface area (Å²) < 4.78 is 10.6. The van der Waals surface area contributed by atoms with Gasteiger partial charge >= 0.3 is 0 Å². The second kappa shape index (κ2) is 9.69. The zero-order valence-corrected chi connectivity index (χ0v) is 18.1. The van der Waals surface area contributed by atoms with Crippen LogP contribution in [0.3, 0.4) is 0 Å². The topological polar surface area (TPSA) is 105 Å². The van der Waals surface area contributed by atoms with Crippen LogP contribution in [0.4, 0.5) is 5.69 Å². The highest BCUT2D eigenvalue weighted by Gasteiger charge is 2.11. The lowest BCUT2D eigenvalue weighted by Crippen LogP contribution is -2.17. The Balaban J connectivity index is 1.46. The second-order valence-electron chi connectivity index (χ2n) is 7.09. The van der Waals surface area contributed by atoms with Crippen LogP contribution in [0.5, 0.6) is 11.5 Å². The molecule has 4 rings (SSSR count). The van der Waals surface area contributed by atoms with Gasteiger partial charge in [0, 0.05) is 27.7 Å². The number of amides is 2. The van der Waals surface area contributed by atoms with Gasteiger partial charge in [0.25, 0.3) is 11.8 Å². The maximum Gasteiger partial charge on any atom is 0.287 e. The Morgan fingerprint density at radius 3 is 2.48 bits per heavy atom. The van der Waals surface area contributed by atoms with Crippen LogP contribution >= 0.6 is 0 Å². The zero-order chi connectivity index (χ0) is 23.2. The molecule has 0 aliphatic heterocycles. The minimum atomic E-state index is -0.404. The molecule has 0 bridgehead atoms. The van der Waals surface area contributed by atoms with Crippen molar-refractivity contribution in [3.05, 3.63) is 89.6 Å². The highest BCUT2D eigenvalue weighted by Crippen LogP contribution is 2.29. The largest absolute Gasteiger partial charge is 0.493 e. The molecule has 1 aromatic heterocycles. The number of aromatic nitrogens is 1. The number of nitrogens with zero attached hydrogens (tertiary/aromatic N) is 1. The molecule has 3 N–H and O–H groups in total. The first kappa shape index (κ1) is 21.6. The van der Waals surface area contributed by atoms with Crippen LogP contribution in [-0.2, 0) is 0 Å². The molecule has 0 unspecified atom stereocenters. The van der Waals surface area contributed by atoms with Gasteiger partial charge in [-0.3, -0.25) is 9.59 Å². The summed E-state index contributed by atoms with van der Waals surface area (Å²) in [4.78, 5) is 28.0. The predicted molar refractivity (Wildman–Crippen MR) is 127 cm³/mol. The zero-order valence-electron chi connectivity index (χ0n) is 18.1. The number of ether oxygens (including phenoxy) is 2. The normalized spacial score (nSPS) is 10.8. The van der Waals surface area contributed by atoms with Crippen molar-refractivity contribution < 1.29 is 19.1 Å². The van der Waals surface area contributed by atoms with Crippen LogP contribution in [0.25, 0.3) is 10.9 Å². The second-order valence-corrected chi connectivity index (χ2v) is 7.09. The fourth-order valence-electron chi connectivity index (χ4n) is 3.36. The maximum atomic E-state index is 12.5. The van der Waals surface area contributed by atoms with Crippen molar-refractivity contribution >= 4 is 34.6 Å². The van der Waals surface area contributed by atoms with Crippen molar-refractivity contribution in [1.82, 2.24) is 10.4 Å². The highest BCUT2D eigenvalue weighted by molar-refractivity contribution is 6.05. The van der Waals surface area contributed by atoms with E-state index in [0.29, 0.717) is 34.0 Å². The first-order valence-electron chi connectivity index (χ1n) is 10.1. The number of methoxy groups -OCH3 is 2. The summed E-state index contributed by atoms with van der Waals surface area (Å²) in [5, 5.41) is 7.67. The maximum absolute atomic E-state index is 12.5. The molecule has 0 fully saturated rings. The van der Waals surface area contributed by atoms with Gasteiger partial charge in [-0.1, -0.05) is 24.3 Å². The standard InChI is InChI=1S/C25H22N4O4/c1-32-22-10-6-9-17(23(22)33-2)15-26-29-25(31)21-14-18-13-19(11-12-20(18)28-21)27-24(30)16-7-4-3-5-8-16/h3-15,28H,1-2H3,(H,27,30)(H,29,31)/b26-15+. The van der Waals surface area contributed by atoms with Crippen molar-refractivity contribution in [2.75, 3.05) is 19.5 Å². The molecule has 0 saturated carbocycles. The third-order valence-corrected chi connectivity index (χ3v) is 4.96. The quantitative estimate of drug-likeness (QED) is 0.295. The molecule has 166 valence electrons. The number of carbonyl (C=O) groups excluding carboxylic acids is 2. The Bertz CT molecular complexity index is 1330. The number of aromatic amines is 1. The van der Waals surface area contributed by atoms with Gasteiger partial charge in [-0.2, -0.15) is 5.10 Å². The van der Waals surface area contributed by atoms with Gasteiger partial charge in [0.05, 0.1) is 20.4 Å². The average Bonchev–Trinajstić information content (AvgIpc) is 3.28. The minimum Gasteiger partial charge on any atom is -0.493 e. The number of anilines is 1. The van der Waals surface area contributed by atoms with E-state index in [9.17, 15) is 9.59 Å². The van der Waals surface area contributed by atoms with E-state index < -0.39 is 5.91 Å². The summed E-state index contributed by atoms with van der Waals surface area (Å²) in [5.41, 5.74) is 5.46. The molecule has 33 heavy (non-hydrogen) atoms. The molecule has 0 atom stereocenters. The first-order valence-corrected chi connectivity index (χ1v) is 10.1. The number of H-pyrrole nitrogens is 1. The number of hydrazone groups is 1. The molecule has 1 heterocycles. The van der Waals surface area contributed by atoms with Crippen LogP contribution in [0.15, 0.2) is 77.9 Å². The fraction of sp³-hybridized carbons (Fsp3) is 0.0800. The van der Waals surface area contributed by atoms with E-state index in [-0.39, 0.29) is 5.91 Å². The van der Waals surface area contributed by atoms with Gasteiger partial charge in [0.15, 0.2) is 11.5 Å². The van der Waals surface area contributed by atoms with E-state index in [4.69, 9.17) is 9.47 Å². The number of para-hydroxylation sites is 1. The molecule has 4 aromatic rings. The van der Waals surface area contributed by atoms with Crippen molar-refractivity contribution in [3.63, 3.8) is 0 Å².